The molecule has 0 saturated carbocycles. The maximum atomic E-state index is 12.4. The van der Waals surface area contributed by atoms with Gasteiger partial charge in [-0.1, -0.05) is 181 Å². The van der Waals surface area contributed by atoms with E-state index in [2.05, 4.69) is 19.2 Å². The number of hydrogen-bond acceptors (Lipinski definition) is 4. The highest BCUT2D eigenvalue weighted by Gasteiger charge is 2.26. The van der Waals surface area contributed by atoms with Crippen molar-refractivity contribution in [1.82, 2.24) is 5.32 Å². The fraction of sp³-hybridized carbons (Fsp3) is 0.971. The van der Waals surface area contributed by atoms with E-state index in [0.29, 0.717) is 12.8 Å². The third-order valence-corrected chi connectivity index (χ3v) is 9.34. The predicted molar refractivity (Wildman–Crippen MR) is 180 cm³/mol. The zero-order chi connectivity index (χ0) is 31.2. The Balaban J connectivity index is 3.68. The highest BCUT2D eigenvalue weighted by atomic mass is 32.2. The lowest BCUT2D eigenvalue weighted by Gasteiger charge is -2.23. The number of unbranched alkanes of at least 4 members (excludes halogenated alkanes) is 25. The van der Waals surface area contributed by atoms with Gasteiger partial charge >= 0.3 is 0 Å². The van der Waals surface area contributed by atoms with Crippen LogP contribution in [0.15, 0.2) is 0 Å². The van der Waals surface area contributed by atoms with E-state index in [1.54, 1.807) is 0 Å². The van der Waals surface area contributed by atoms with E-state index in [-0.39, 0.29) is 5.91 Å². The molecule has 0 rings (SSSR count). The molecule has 42 heavy (non-hydrogen) atoms. The molecule has 0 aromatic rings. The monoisotopic (exact) mass is 618 g/mol. The summed E-state index contributed by atoms with van der Waals surface area (Å²) >= 11 is 0. The highest BCUT2D eigenvalue weighted by Crippen LogP contribution is 2.16. The van der Waals surface area contributed by atoms with Gasteiger partial charge in [-0.15, -0.1) is 0 Å². The van der Waals surface area contributed by atoms with E-state index in [0.717, 1.165) is 44.9 Å². The minimum atomic E-state index is -4.29. The Hall–Kier alpha value is -0.660. The first-order valence-electron chi connectivity index (χ1n) is 18.2. The van der Waals surface area contributed by atoms with Crippen LogP contribution in [0.2, 0.25) is 0 Å². The van der Waals surface area contributed by atoms with Crippen LogP contribution in [-0.4, -0.2) is 41.9 Å². The molecule has 0 aliphatic rings. The first-order valence-corrected chi connectivity index (χ1v) is 19.8. The zero-order valence-corrected chi connectivity index (χ0v) is 28.7. The molecular weight excluding hydrogens is 546 g/mol. The van der Waals surface area contributed by atoms with Crippen molar-refractivity contribution in [2.45, 2.75) is 212 Å². The lowest BCUT2D eigenvalue weighted by molar-refractivity contribution is -0.122. The van der Waals surface area contributed by atoms with Crippen molar-refractivity contribution in [3.8, 4) is 0 Å². The Morgan fingerprint density at radius 2 is 0.857 bits per heavy atom. The lowest BCUT2D eigenvalue weighted by Crippen LogP contribution is -2.47. The van der Waals surface area contributed by atoms with E-state index >= 15 is 0 Å². The molecule has 0 bridgehead atoms. The molecule has 0 fully saturated rings. The number of amides is 1. The number of aliphatic hydroxyl groups is 1. The van der Waals surface area contributed by atoms with Crippen molar-refractivity contribution in [3.05, 3.63) is 0 Å². The summed E-state index contributed by atoms with van der Waals surface area (Å²) in [5.41, 5.74) is 0. The third kappa shape index (κ3) is 30.8. The average molecular weight is 618 g/mol. The Kier molecular flexibility index (Phi) is 29.9. The molecule has 2 unspecified atom stereocenters. The van der Waals surface area contributed by atoms with Crippen molar-refractivity contribution in [2.24, 2.45) is 0 Å². The number of hydrogen-bond donors (Lipinski definition) is 3. The summed E-state index contributed by atoms with van der Waals surface area (Å²) in [4.78, 5) is 12.4. The molecule has 6 nitrogen and oxygen atoms in total. The third-order valence-electron chi connectivity index (χ3n) is 8.56. The number of rotatable bonds is 33. The molecule has 0 saturated heterocycles. The van der Waals surface area contributed by atoms with Crippen LogP contribution in [0.4, 0.5) is 0 Å². The van der Waals surface area contributed by atoms with E-state index in [4.69, 9.17) is 0 Å². The van der Waals surface area contributed by atoms with Crippen molar-refractivity contribution in [1.29, 1.82) is 0 Å². The minimum absolute atomic E-state index is 0.247. The van der Waals surface area contributed by atoms with Crippen LogP contribution in [0.5, 0.6) is 0 Å². The second-order valence-electron chi connectivity index (χ2n) is 12.9. The smallest absolute Gasteiger partial charge is 0.266 e. The standard InChI is InChI=1S/C35H71NO5S/c1-3-5-7-9-11-12-13-14-15-16-17-18-19-20-21-22-23-24-25-27-29-31-35(38)36-33(32-42(39,40)41)34(37)30-28-26-10-8-6-4-2/h33-34,37H,3-32H2,1-2H3,(H,36,38)(H,39,40,41). The first kappa shape index (κ1) is 41.3. The summed E-state index contributed by atoms with van der Waals surface area (Å²) in [6, 6.07) is -0.960. The molecule has 0 aliphatic carbocycles. The summed E-state index contributed by atoms with van der Waals surface area (Å²) < 4.78 is 32.1. The van der Waals surface area contributed by atoms with Crippen molar-refractivity contribution >= 4 is 16.0 Å². The van der Waals surface area contributed by atoms with Crippen molar-refractivity contribution in [3.63, 3.8) is 0 Å². The van der Waals surface area contributed by atoms with Crippen LogP contribution in [0.3, 0.4) is 0 Å². The van der Waals surface area contributed by atoms with Gasteiger partial charge in [-0.05, 0) is 12.8 Å². The second-order valence-corrected chi connectivity index (χ2v) is 14.4. The summed E-state index contributed by atoms with van der Waals surface area (Å²) in [7, 11) is -4.29. The average Bonchev–Trinajstić information content (AvgIpc) is 2.94. The predicted octanol–water partition coefficient (Wildman–Crippen LogP) is 10.1. The number of carbonyl (C=O) groups is 1. The molecule has 1 amide bonds. The van der Waals surface area contributed by atoms with Gasteiger partial charge in [-0.25, -0.2) is 0 Å². The first-order chi connectivity index (χ1) is 20.3. The Labute approximate surface area is 261 Å². The number of aliphatic hydroxyl groups excluding tert-OH is 1. The minimum Gasteiger partial charge on any atom is -0.391 e. The van der Waals surface area contributed by atoms with Gasteiger partial charge in [0, 0.05) is 6.42 Å². The van der Waals surface area contributed by atoms with Crippen LogP contribution in [0, 0.1) is 0 Å². The van der Waals surface area contributed by atoms with E-state index in [1.165, 1.54) is 128 Å². The Bertz CT molecular complexity index is 685. The van der Waals surface area contributed by atoms with E-state index < -0.39 is 28.0 Å². The summed E-state index contributed by atoms with van der Waals surface area (Å²) in [5, 5.41) is 13.1. The molecule has 0 aliphatic heterocycles. The highest BCUT2D eigenvalue weighted by molar-refractivity contribution is 7.85. The Morgan fingerprint density at radius 1 is 0.548 bits per heavy atom. The molecular formula is C35H71NO5S. The number of nitrogens with one attached hydrogen (secondary N) is 1. The molecule has 2 atom stereocenters. The van der Waals surface area contributed by atoms with Crippen LogP contribution in [0.1, 0.15) is 200 Å². The molecule has 0 spiro atoms. The Morgan fingerprint density at radius 3 is 1.19 bits per heavy atom. The molecule has 7 heteroatoms. The molecule has 3 N–H and O–H groups in total. The normalized spacial score (nSPS) is 13.3. The molecule has 252 valence electrons. The fourth-order valence-electron chi connectivity index (χ4n) is 5.81. The SMILES string of the molecule is CCCCCCCCCCCCCCCCCCCCCCCC(=O)NC(CS(=O)(=O)O)C(O)CCCCCCCC. The second kappa shape index (κ2) is 30.4. The topological polar surface area (TPSA) is 104 Å². The van der Waals surface area contributed by atoms with E-state index in [9.17, 15) is 22.9 Å². The van der Waals surface area contributed by atoms with Crippen molar-refractivity contribution < 1.29 is 22.9 Å². The van der Waals surface area contributed by atoms with Crippen LogP contribution >= 0.6 is 0 Å². The maximum absolute atomic E-state index is 12.4. The summed E-state index contributed by atoms with van der Waals surface area (Å²) in [6.45, 7) is 4.44. The van der Waals surface area contributed by atoms with Gasteiger partial charge in [0.2, 0.25) is 5.91 Å². The molecule has 0 heterocycles. The molecule has 0 aromatic carbocycles. The van der Waals surface area contributed by atoms with Crippen molar-refractivity contribution in [2.75, 3.05) is 5.75 Å². The number of carbonyl (C=O) groups excluding carboxylic acids is 1. The van der Waals surface area contributed by atoms with Gasteiger partial charge in [0.15, 0.2) is 0 Å². The van der Waals surface area contributed by atoms with Gasteiger partial charge in [0.05, 0.1) is 17.9 Å². The maximum Gasteiger partial charge on any atom is 0.266 e. The lowest BCUT2D eigenvalue weighted by atomic mass is 10.0. The van der Waals surface area contributed by atoms with Crippen LogP contribution < -0.4 is 5.32 Å². The van der Waals surface area contributed by atoms with Gasteiger partial charge in [0.25, 0.3) is 10.1 Å². The van der Waals surface area contributed by atoms with Gasteiger partial charge in [-0.3, -0.25) is 9.35 Å². The molecule has 0 radical (unpaired) electrons. The summed E-state index contributed by atoms with van der Waals surface area (Å²) in [6.07, 6.45) is 33.8. The van der Waals surface area contributed by atoms with Gasteiger partial charge < -0.3 is 10.4 Å². The quantitative estimate of drug-likeness (QED) is 0.0502. The summed E-state index contributed by atoms with van der Waals surface area (Å²) in [5.74, 6) is -0.891. The van der Waals surface area contributed by atoms with Gasteiger partial charge in [-0.2, -0.15) is 8.42 Å². The van der Waals surface area contributed by atoms with Crippen LogP contribution in [0.25, 0.3) is 0 Å². The van der Waals surface area contributed by atoms with Crippen LogP contribution in [-0.2, 0) is 14.9 Å². The molecule has 0 aromatic heterocycles. The van der Waals surface area contributed by atoms with E-state index in [1.807, 2.05) is 0 Å². The zero-order valence-electron chi connectivity index (χ0n) is 27.9. The largest absolute Gasteiger partial charge is 0.391 e. The fourth-order valence-corrected chi connectivity index (χ4v) is 6.57. The van der Waals surface area contributed by atoms with Gasteiger partial charge in [0.1, 0.15) is 0 Å².